The zero-order valence-corrected chi connectivity index (χ0v) is 11.8. The van der Waals surface area contributed by atoms with Crippen LogP contribution in [0.25, 0.3) is 0 Å². The number of halogens is 1. The number of hydrogen-bond acceptors (Lipinski definition) is 3. The predicted octanol–water partition coefficient (Wildman–Crippen LogP) is 3.41. The van der Waals surface area contributed by atoms with Crippen LogP contribution < -0.4 is 5.32 Å². The van der Waals surface area contributed by atoms with Gasteiger partial charge in [-0.15, -0.1) is 0 Å². The molecule has 100 valence electrons. The Morgan fingerprint density at radius 1 is 1.50 bits per heavy atom. The first-order chi connectivity index (χ1) is 8.75. The average Bonchev–Trinajstić information content (AvgIpc) is 2.37. The van der Waals surface area contributed by atoms with Crippen LogP contribution in [0.4, 0.5) is 5.69 Å². The lowest BCUT2D eigenvalue weighted by molar-refractivity contribution is 0.160. The van der Waals surface area contributed by atoms with Crippen LogP contribution in [-0.4, -0.2) is 35.6 Å². The summed E-state index contributed by atoms with van der Waals surface area (Å²) in [6.45, 7) is 5.79. The Morgan fingerprint density at radius 3 is 3.17 bits per heavy atom. The molecule has 1 fully saturated rings. The standard InChI is InChI=1S/C14H22ClN3/c1-12-5-2-3-9-18(12)10-4-7-16-13-6-8-17-14(15)11-13/h6,8,11-12H,2-5,7,9-10H2,1H3,(H,16,17). The van der Waals surface area contributed by atoms with E-state index in [0.29, 0.717) is 5.15 Å². The van der Waals surface area contributed by atoms with Crippen LogP contribution in [0, 0.1) is 0 Å². The highest BCUT2D eigenvalue weighted by molar-refractivity contribution is 6.29. The minimum atomic E-state index is 0.546. The number of rotatable bonds is 5. The number of likely N-dealkylation sites (tertiary alicyclic amines) is 1. The number of pyridine rings is 1. The van der Waals surface area contributed by atoms with E-state index in [4.69, 9.17) is 11.6 Å². The topological polar surface area (TPSA) is 28.2 Å². The molecule has 2 heterocycles. The monoisotopic (exact) mass is 267 g/mol. The Hall–Kier alpha value is -0.800. The second-order valence-corrected chi connectivity index (χ2v) is 5.42. The van der Waals surface area contributed by atoms with Gasteiger partial charge in [-0.2, -0.15) is 0 Å². The molecule has 0 spiro atoms. The Morgan fingerprint density at radius 2 is 2.39 bits per heavy atom. The molecular weight excluding hydrogens is 246 g/mol. The van der Waals surface area contributed by atoms with Gasteiger partial charge in [-0.1, -0.05) is 18.0 Å². The molecule has 0 radical (unpaired) electrons. The summed E-state index contributed by atoms with van der Waals surface area (Å²) in [5.74, 6) is 0. The van der Waals surface area contributed by atoms with Crippen LogP contribution in [0.3, 0.4) is 0 Å². The third kappa shape index (κ3) is 4.14. The van der Waals surface area contributed by atoms with Gasteiger partial charge in [0.1, 0.15) is 5.15 Å². The van der Waals surface area contributed by atoms with Crippen LogP contribution in [0.1, 0.15) is 32.6 Å². The quantitative estimate of drug-likeness (QED) is 0.655. The highest BCUT2D eigenvalue weighted by atomic mass is 35.5. The average molecular weight is 268 g/mol. The molecule has 0 aromatic carbocycles. The summed E-state index contributed by atoms with van der Waals surface area (Å²) in [5, 5.41) is 3.93. The molecule has 1 N–H and O–H groups in total. The number of piperidine rings is 1. The minimum Gasteiger partial charge on any atom is -0.385 e. The molecule has 4 heteroatoms. The number of anilines is 1. The van der Waals surface area contributed by atoms with E-state index in [9.17, 15) is 0 Å². The molecule has 0 saturated carbocycles. The summed E-state index contributed by atoms with van der Waals surface area (Å²) in [7, 11) is 0. The fraction of sp³-hybridized carbons (Fsp3) is 0.643. The molecule has 1 aromatic heterocycles. The van der Waals surface area contributed by atoms with Crippen molar-refractivity contribution in [1.29, 1.82) is 0 Å². The molecule has 1 aliphatic rings. The van der Waals surface area contributed by atoms with Crippen molar-refractivity contribution in [2.75, 3.05) is 25.0 Å². The van der Waals surface area contributed by atoms with E-state index in [1.165, 1.54) is 38.8 Å². The Kier molecular flexibility index (Phi) is 5.26. The highest BCUT2D eigenvalue weighted by Crippen LogP contribution is 2.16. The zero-order valence-electron chi connectivity index (χ0n) is 11.0. The van der Waals surface area contributed by atoms with Crippen LogP contribution in [-0.2, 0) is 0 Å². The van der Waals surface area contributed by atoms with Gasteiger partial charge >= 0.3 is 0 Å². The molecule has 0 bridgehead atoms. The van der Waals surface area contributed by atoms with Gasteiger partial charge in [0.15, 0.2) is 0 Å². The fourth-order valence-corrected chi connectivity index (χ4v) is 2.69. The summed E-state index contributed by atoms with van der Waals surface area (Å²) < 4.78 is 0. The molecule has 2 rings (SSSR count). The van der Waals surface area contributed by atoms with Crippen molar-refractivity contribution < 1.29 is 0 Å². The van der Waals surface area contributed by atoms with Crippen molar-refractivity contribution >= 4 is 17.3 Å². The maximum absolute atomic E-state index is 5.84. The molecule has 1 atom stereocenters. The largest absolute Gasteiger partial charge is 0.385 e. The lowest BCUT2D eigenvalue weighted by Gasteiger charge is -2.33. The van der Waals surface area contributed by atoms with Crippen molar-refractivity contribution in [3.63, 3.8) is 0 Å². The van der Waals surface area contributed by atoms with Crippen LogP contribution in [0.5, 0.6) is 0 Å². The Bertz CT molecular complexity index is 370. The Balaban J connectivity index is 1.66. The SMILES string of the molecule is CC1CCCCN1CCCNc1ccnc(Cl)c1. The van der Waals surface area contributed by atoms with Gasteiger partial charge in [0.25, 0.3) is 0 Å². The Labute approximate surface area is 115 Å². The van der Waals surface area contributed by atoms with Crippen molar-refractivity contribution in [3.05, 3.63) is 23.5 Å². The van der Waals surface area contributed by atoms with Gasteiger partial charge in [-0.25, -0.2) is 4.98 Å². The normalized spacial score (nSPS) is 20.9. The van der Waals surface area contributed by atoms with Gasteiger partial charge in [-0.05, 0) is 44.9 Å². The van der Waals surface area contributed by atoms with E-state index in [2.05, 4.69) is 22.1 Å². The predicted molar refractivity (Wildman–Crippen MR) is 77.2 cm³/mol. The zero-order chi connectivity index (χ0) is 12.8. The maximum Gasteiger partial charge on any atom is 0.131 e. The number of nitrogens with one attached hydrogen (secondary N) is 1. The maximum atomic E-state index is 5.84. The van der Waals surface area contributed by atoms with Gasteiger partial charge in [-0.3, -0.25) is 0 Å². The van der Waals surface area contributed by atoms with E-state index in [1.807, 2.05) is 12.1 Å². The first-order valence-corrected chi connectivity index (χ1v) is 7.23. The summed E-state index contributed by atoms with van der Waals surface area (Å²) in [4.78, 5) is 6.57. The lowest BCUT2D eigenvalue weighted by atomic mass is 10.0. The van der Waals surface area contributed by atoms with Crippen molar-refractivity contribution in [1.82, 2.24) is 9.88 Å². The third-order valence-corrected chi connectivity index (χ3v) is 3.83. The fourth-order valence-electron chi connectivity index (χ4n) is 2.52. The molecule has 0 amide bonds. The van der Waals surface area contributed by atoms with Gasteiger partial charge in [0.2, 0.25) is 0 Å². The number of nitrogens with zero attached hydrogens (tertiary/aromatic N) is 2. The molecule has 1 aliphatic heterocycles. The first-order valence-electron chi connectivity index (χ1n) is 6.85. The van der Waals surface area contributed by atoms with E-state index < -0.39 is 0 Å². The minimum absolute atomic E-state index is 0.546. The van der Waals surface area contributed by atoms with Crippen LogP contribution in [0.2, 0.25) is 5.15 Å². The molecule has 18 heavy (non-hydrogen) atoms. The summed E-state index contributed by atoms with van der Waals surface area (Å²) in [5.41, 5.74) is 1.06. The molecule has 1 unspecified atom stereocenters. The van der Waals surface area contributed by atoms with Crippen molar-refractivity contribution in [2.45, 2.75) is 38.6 Å². The number of hydrogen-bond donors (Lipinski definition) is 1. The molecule has 1 saturated heterocycles. The van der Waals surface area contributed by atoms with E-state index >= 15 is 0 Å². The molecule has 0 aliphatic carbocycles. The van der Waals surface area contributed by atoms with Gasteiger partial charge in [0, 0.05) is 31.0 Å². The van der Waals surface area contributed by atoms with Gasteiger partial charge < -0.3 is 10.2 Å². The second-order valence-electron chi connectivity index (χ2n) is 5.03. The van der Waals surface area contributed by atoms with E-state index in [1.54, 1.807) is 6.20 Å². The highest BCUT2D eigenvalue weighted by Gasteiger charge is 2.16. The van der Waals surface area contributed by atoms with Crippen molar-refractivity contribution in [2.24, 2.45) is 0 Å². The summed E-state index contributed by atoms with van der Waals surface area (Å²) in [6, 6.07) is 4.58. The molecular formula is C14H22ClN3. The van der Waals surface area contributed by atoms with Gasteiger partial charge in [0.05, 0.1) is 0 Å². The van der Waals surface area contributed by atoms with E-state index in [-0.39, 0.29) is 0 Å². The smallest absolute Gasteiger partial charge is 0.131 e. The van der Waals surface area contributed by atoms with E-state index in [0.717, 1.165) is 18.3 Å². The summed E-state index contributed by atoms with van der Waals surface area (Å²) >= 11 is 5.84. The van der Waals surface area contributed by atoms with Crippen LogP contribution in [0.15, 0.2) is 18.3 Å². The third-order valence-electron chi connectivity index (χ3n) is 3.62. The number of aromatic nitrogens is 1. The molecule has 1 aromatic rings. The lowest BCUT2D eigenvalue weighted by Crippen LogP contribution is -2.38. The second kappa shape index (κ2) is 6.95. The molecule has 3 nitrogen and oxygen atoms in total. The van der Waals surface area contributed by atoms with Crippen molar-refractivity contribution in [3.8, 4) is 0 Å². The summed E-state index contributed by atoms with van der Waals surface area (Å²) in [6.07, 6.45) is 7.01. The van der Waals surface area contributed by atoms with Crippen LogP contribution >= 0.6 is 11.6 Å². The first kappa shape index (κ1) is 13.6.